The Morgan fingerprint density at radius 3 is 2.69 bits per heavy atom. The molecule has 0 bridgehead atoms. The predicted molar refractivity (Wildman–Crippen MR) is 103 cm³/mol. The molecule has 5 heteroatoms. The third-order valence-electron chi connectivity index (χ3n) is 6.49. The summed E-state index contributed by atoms with van der Waals surface area (Å²) in [5.74, 6) is 2.16. The third-order valence-corrected chi connectivity index (χ3v) is 6.49. The minimum absolute atomic E-state index is 0.125. The summed E-state index contributed by atoms with van der Waals surface area (Å²) >= 11 is 0. The van der Waals surface area contributed by atoms with Gasteiger partial charge < -0.3 is 9.64 Å². The molecule has 1 aromatic heterocycles. The summed E-state index contributed by atoms with van der Waals surface area (Å²) < 4.78 is 6.38. The number of amides is 1. The third kappa shape index (κ3) is 4.48. The Morgan fingerprint density at radius 1 is 1.31 bits per heavy atom. The van der Waals surface area contributed by atoms with Crippen molar-refractivity contribution in [3.05, 3.63) is 18.0 Å². The van der Waals surface area contributed by atoms with Crippen molar-refractivity contribution in [2.75, 3.05) is 13.2 Å². The van der Waals surface area contributed by atoms with Crippen molar-refractivity contribution >= 4 is 5.91 Å². The molecule has 2 unspecified atom stereocenters. The standard InChI is InChI=1S/C21H35N3O2/c1-4-21(25)24-13-5-6-18(19-11-12-22-23-19)20(24)14-26-17-9-7-16(8-10-17)15(2)3/h11-12,15-18,20H,4-10,13-14H2,1-3H3,(H,22,23). The fraction of sp³-hybridized carbons (Fsp3) is 0.810. The summed E-state index contributed by atoms with van der Waals surface area (Å²) in [6.07, 6.45) is 9.72. The maximum Gasteiger partial charge on any atom is 0.222 e. The highest BCUT2D eigenvalue weighted by Gasteiger charge is 2.36. The first-order valence-corrected chi connectivity index (χ1v) is 10.5. The maximum absolute atomic E-state index is 12.5. The van der Waals surface area contributed by atoms with Gasteiger partial charge in [-0.1, -0.05) is 20.8 Å². The van der Waals surface area contributed by atoms with E-state index < -0.39 is 0 Å². The van der Waals surface area contributed by atoms with Gasteiger partial charge in [0.1, 0.15) is 0 Å². The Balaban J connectivity index is 1.63. The fourth-order valence-corrected chi connectivity index (χ4v) is 4.77. The number of piperidine rings is 1. The number of likely N-dealkylation sites (tertiary alicyclic amines) is 1. The summed E-state index contributed by atoms with van der Waals surface area (Å²) in [6.45, 7) is 8.11. The summed E-state index contributed by atoms with van der Waals surface area (Å²) in [6, 6.07) is 2.17. The molecule has 1 aromatic rings. The second-order valence-corrected chi connectivity index (χ2v) is 8.38. The van der Waals surface area contributed by atoms with E-state index in [2.05, 4.69) is 28.9 Å². The molecule has 1 aliphatic heterocycles. The van der Waals surface area contributed by atoms with E-state index in [0.29, 0.717) is 25.0 Å². The second kappa shape index (κ2) is 9.03. The molecule has 0 spiro atoms. The number of H-pyrrole nitrogens is 1. The van der Waals surface area contributed by atoms with Gasteiger partial charge in [-0.05, 0) is 56.4 Å². The minimum Gasteiger partial charge on any atom is -0.376 e. The second-order valence-electron chi connectivity index (χ2n) is 8.38. The van der Waals surface area contributed by atoms with E-state index in [1.807, 2.05) is 13.0 Å². The Hall–Kier alpha value is -1.36. The highest BCUT2D eigenvalue weighted by Crippen LogP contribution is 2.35. The van der Waals surface area contributed by atoms with E-state index in [-0.39, 0.29) is 11.9 Å². The maximum atomic E-state index is 12.5. The van der Waals surface area contributed by atoms with Crippen molar-refractivity contribution in [3.8, 4) is 0 Å². The monoisotopic (exact) mass is 361 g/mol. The molecule has 2 aliphatic rings. The lowest BCUT2D eigenvalue weighted by Gasteiger charge is -2.42. The van der Waals surface area contributed by atoms with E-state index in [1.165, 1.54) is 12.8 Å². The number of hydrogen-bond acceptors (Lipinski definition) is 3. The zero-order chi connectivity index (χ0) is 18.5. The first-order valence-electron chi connectivity index (χ1n) is 10.5. The number of nitrogens with one attached hydrogen (secondary N) is 1. The SMILES string of the molecule is CCC(=O)N1CCCC(c2ccn[nH]2)C1COC1CCC(C(C)C)CC1. The minimum atomic E-state index is 0.125. The molecule has 1 amide bonds. The molecule has 2 heterocycles. The van der Waals surface area contributed by atoms with Crippen LogP contribution in [0, 0.1) is 11.8 Å². The molecular formula is C21H35N3O2. The lowest BCUT2D eigenvalue weighted by molar-refractivity contribution is -0.138. The van der Waals surface area contributed by atoms with E-state index in [0.717, 1.165) is 49.8 Å². The van der Waals surface area contributed by atoms with Gasteiger partial charge in [0, 0.05) is 30.8 Å². The highest BCUT2D eigenvalue weighted by atomic mass is 16.5. The first kappa shape index (κ1) is 19.4. The molecule has 26 heavy (non-hydrogen) atoms. The van der Waals surface area contributed by atoms with Crippen LogP contribution in [0.1, 0.15) is 77.3 Å². The molecule has 0 radical (unpaired) electrons. The van der Waals surface area contributed by atoms with Crippen LogP contribution >= 0.6 is 0 Å². The van der Waals surface area contributed by atoms with Crippen LogP contribution in [-0.2, 0) is 9.53 Å². The number of ether oxygens (including phenoxy) is 1. The van der Waals surface area contributed by atoms with Crippen LogP contribution in [0.4, 0.5) is 0 Å². The van der Waals surface area contributed by atoms with Crippen LogP contribution in [0.5, 0.6) is 0 Å². The van der Waals surface area contributed by atoms with Crippen LogP contribution in [-0.4, -0.2) is 46.3 Å². The number of aromatic amines is 1. The van der Waals surface area contributed by atoms with Crippen molar-refractivity contribution in [1.29, 1.82) is 0 Å². The van der Waals surface area contributed by atoms with Crippen molar-refractivity contribution in [2.24, 2.45) is 11.8 Å². The van der Waals surface area contributed by atoms with E-state index in [9.17, 15) is 4.79 Å². The molecule has 2 atom stereocenters. The lowest BCUT2D eigenvalue weighted by atomic mass is 9.80. The van der Waals surface area contributed by atoms with E-state index in [4.69, 9.17) is 4.74 Å². The number of nitrogens with zero attached hydrogens (tertiary/aromatic N) is 2. The van der Waals surface area contributed by atoms with Crippen LogP contribution in [0.25, 0.3) is 0 Å². The van der Waals surface area contributed by atoms with Gasteiger partial charge in [0.25, 0.3) is 0 Å². The summed E-state index contributed by atoms with van der Waals surface area (Å²) in [5.41, 5.74) is 1.13. The van der Waals surface area contributed by atoms with Gasteiger partial charge in [-0.2, -0.15) is 5.10 Å². The van der Waals surface area contributed by atoms with Crippen molar-refractivity contribution in [3.63, 3.8) is 0 Å². The van der Waals surface area contributed by atoms with E-state index >= 15 is 0 Å². The largest absolute Gasteiger partial charge is 0.376 e. The van der Waals surface area contributed by atoms with Crippen LogP contribution in [0.15, 0.2) is 12.3 Å². The van der Waals surface area contributed by atoms with Crippen LogP contribution in [0.3, 0.4) is 0 Å². The quantitative estimate of drug-likeness (QED) is 0.829. The van der Waals surface area contributed by atoms with Gasteiger partial charge in [0.2, 0.25) is 5.91 Å². The molecular weight excluding hydrogens is 326 g/mol. The topological polar surface area (TPSA) is 58.2 Å². The van der Waals surface area contributed by atoms with Gasteiger partial charge in [0.05, 0.1) is 18.8 Å². The molecule has 1 aliphatic carbocycles. The van der Waals surface area contributed by atoms with Crippen molar-refractivity contribution in [1.82, 2.24) is 15.1 Å². The van der Waals surface area contributed by atoms with Gasteiger partial charge in [-0.25, -0.2) is 0 Å². The molecule has 2 fully saturated rings. The molecule has 3 rings (SSSR count). The zero-order valence-electron chi connectivity index (χ0n) is 16.6. The Bertz CT molecular complexity index is 550. The smallest absolute Gasteiger partial charge is 0.222 e. The predicted octanol–water partition coefficient (Wildman–Crippen LogP) is 4.13. The molecule has 5 nitrogen and oxygen atoms in total. The number of aromatic nitrogens is 2. The van der Waals surface area contributed by atoms with Crippen LogP contribution in [0.2, 0.25) is 0 Å². The Morgan fingerprint density at radius 2 is 2.08 bits per heavy atom. The number of rotatable bonds is 6. The average molecular weight is 362 g/mol. The zero-order valence-corrected chi connectivity index (χ0v) is 16.6. The van der Waals surface area contributed by atoms with Gasteiger partial charge in [0.15, 0.2) is 0 Å². The molecule has 1 saturated carbocycles. The number of carbonyl (C=O) groups excluding carboxylic acids is 1. The molecule has 146 valence electrons. The van der Waals surface area contributed by atoms with E-state index in [1.54, 1.807) is 6.20 Å². The highest BCUT2D eigenvalue weighted by molar-refractivity contribution is 5.76. The molecule has 0 aromatic carbocycles. The summed E-state index contributed by atoms with van der Waals surface area (Å²) in [7, 11) is 0. The summed E-state index contributed by atoms with van der Waals surface area (Å²) in [5, 5.41) is 7.25. The Labute approximate surface area is 157 Å². The molecule has 1 N–H and O–H groups in total. The lowest BCUT2D eigenvalue weighted by Crippen LogP contribution is -2.50. The molecule has 1 saturated heterocycles. The van der Waals surface area contributed by atoms with Gasteiger partial charge in [-0.3, -0.25) is 9.89 Å². The fourth-order valence-electron chi connectivity index (χ4n) is 4.77. The number of hydrogen-bond donors (Lipinski definition) is 1. The van der Waals surface area contributed by atoms with Crippen molar-refractivity contribution < 1.29 is 9.53 Å². The van der Waals surface area contributed by atoms with Crippen molar-refractivity contribution in [2.45, 2.75) is 83.8 Å². The average Bonchev–Trinajstić information content (AvgIpc) is 3.20. The first-order chi connectivity index (χ1) is 12.6. The van der Waals surface area contributed by atoms with Gasteiger partial charge >= 0.3 is 0 Å². The Kier molecular flexibility index (Phi) is 6.74. The van der Waals surface area contributed by atoms with Crippen LogP contribution < -0.4 is 0 Å². The number of carbonyl (C=O) groups is 1. The summed E-state index contributed by atoms with van der Waals surface area (Å²) in [4.78, 5) is 14.6. The normalized spacial score (nSPS) is 29.9. The van der Waals surface area contributed by atoms with Gasteiger partial charge in [-0.15, -0.1) is 0 Å².